The van der Waals surface area contributed by atoms with E-state index >= 15 is 0 Å². The second-order valence-electron chi connectivity index (χ2n) is 6.11. The first kappa shape index (κ1) is 19.8. The van der Waals surface area contributed by atoms with E-state index in [9.17, 15) is 9.59 Å². The second-order valence-corrected chi connectivity index (χ2v) is 6.52. The lowest BCUT2D eigenvalue weighted by Crippen LogP contribution is -2.31. The van der Waals surface area contributed by atoms with Crippen molar-refractivity contribution in [2.45, 2.75) is 33.2 Å². The van der Waals surface area contributed by atoms with Crippen LogP contribution in [-0.4, -0.2) is 24.5 Å². The molecule has 2 rings (SSSR count). The average Bonchev–Trinajstić information content (AvgIpc) is 2.63. The molecule has 0 spiro atoms. The molecule has 26 heavy (non-hydrogen) atoms. The number of carbonyl (C=O) groups excluding carboxylic acids is 2. The molecule has 0 heterocycles. The number of benzene rings is 2. The number of aryl methyl sites for hydroxylation is 1. The Hall–Kier alpha value is -2.53. The number of hydrogen-bond donors (Lipinski definition) is 2. The Labute approximate surface area is 158 Å². The molecule has 0 saturated carbocycles. The quantitative estimate of drug-likeness (QED) is 0.763. The van der Waals surface area contributed by atoms with E-state index in [1.54, 1.807) is 42.5 Å². The molecule has 1 unspecified atom stereocenters. The van der Waals surface area contributed by atoms with Crippen molar-refractivity contribution in [1.29, 1.82) is 0 Å². The van der Waals surface area contributed by atoms with Crippen molar-refractivity contribution in [3.8, 4) is 5.75 Å². The summed E-state index contributed by atoms with van der Waals surface area (Å²) in [5.74, 6) is 0.173. The number of rotatable bonds is 7. The molecule has 0 bridgehead atoms. The Kier molecular flexibility index (Phi) is 7.04. The maximum absolute atomic E-state index is 12.0. The zero-order chi connectivity index (χ0) is 19.1. The summed E-state index contributed by atoms with van der Waals surface area (Å²) in [6.07, 6.45) is 0.868. The van der Waals surface area contributed by atoms with Crippen LogP contribution in [0.5, 0.6) is 5.75 Å². The largest absolute Gasteiger partial charge is 0.484 e. The molecule has 0 aliphatic rings. The zero-order valence-corrected chi connectivity index (χ0v) is 15.9. The van der Waals surface area contributed by atoms with Gasteiger partial charge < -0.3 is 15.4 Å². The van der Waals surface area contributed by atoms with Crippen molar-refractivity contribution in [1.82, 2.24) is 5.32 Å². The highest BCUT2D eigenvalue weighted by molar-refractivity contribution is 6.31. The SMILES string of the molecule is CCC(C)NC(=O)c1ccc(NC(=O)COc2ccc(Cl)c(C)c2)cc1. The van der Waals surface area contributed by atoms with E-state index in [2.05, 4.69) is 10.6 Å². The van der Waals surface area contributed by atoms with E-state index in [0.717, 1.165) is 12.0 Å². The van der Waals surface area contributed by atoms with Crippen molar-refractivity contribution >= 4 is 29.1 Å². The van der Waals surface area contributed by atoms with Crippen molar-refractivity contribution in [3.05, 3.63) is 58.6 Å². The lowest BCUT2D eigenvalue weighted by atomic mass is 10.1. The number of nitrogens with one attached hydrogen (secondary N) is 2. The van der Waals surface area contributed by atoms with Crippen LogP contribution >= 0.6 is 11.6 Å². The minimum absolute atomic E-state index is 0.114. The molecule has 0 aliphatic heterocycles. The molecule has 2 aromatic carbocycles. The Balaban J connectivity index is 1.86. The Morgan fingerprint density at radius 2 is 1.85 bits per heavy atom. The third kappa shape index (κ3) is 5.77. The van der Waals surface area contributed by atoms with Gasteiger partial charge in [0.05, 0.1) is 0 Å². The maximum Gasteiger partial charge on any atom is 0.262 e. The number of anilines is 1. The molecule has 5 nitrogen and oxygen atoms in total. The summed E-state index contributed by atoms with van der Waals surface area (Å²) in [6.45, 7) is 5.72. The predicted octanol–water partition coefficient (Wildman–Crippen LogP) is 4.19. The van der Waals surface area contributed by atoms with Crippen LogP contribution in [0.2, 0.25) is 5.02 Å². The highest BCUT2D eigenvalue weighted by atomic mass is 35.5. The summed E-state index contributed by atoms with van der Waals surface area (Å²) in [7, 11) is 0. The molecule has 138 valence electrons. The predicted molar refractivity (Wildman–Crippen MR) is 104 cm³/mol. The number of hydrogen-bond acceptors (Lipinski definition) is 3. The van der Waals surface area contributed by atoms with E-state index in [0.29, 0.717) is 22.0 Å². The van der Waals surface area contributed by atoms with Crippen LogP contribution in [0.3, 0.4) is 0 Å². The fourth-order valence-corrected chi connectivity index (χ4v) is 2.28. The van der Waals surface area contributed by atoms with E-state index in [4.69, 9.17) is 16.3 Å². The van der Waals surface area contributed by atoms with Gasteiger partial charge in [0.1, 0.15) is 5.75 Å². The highest BCUT2D eigenvalue weighted by Crippen LogP contribution is 2.21. The lowest BCUT2D eigenvalue weighted by Gasteiger charge is -2.12. The molecule has 2 amide bonds. The van der Waals surface area contributed by atoms with Crippen LogP contribution in [0.25, 0.3) is 0 Å². The smallest absolute Gasteiger partial charge is 0.262 e. The normalized spacial score (nSPS) is 11.5. The molecule has 6 heteroatoms. The fraction of sp³-hybridized carbons (Fsp3) is 0.300. The summed E-state index contributed by atoms with van der Waals surface area (Å²) >= 11 is 5.96. The molecule has 0 fully saturated rings. The zero-order valence-electron chi connectivity index (χ0n) is 15.1. The summed E-state index contributed by atoms with van der Waals surface area (Å²) < 4.78 is 5.46. The van der Waals surface area contributed by atoms with Gasteiger partial charge >= 0.3 is 0 Å². The molecule has 2 aromatic rings. The van der Waals surface area contributed by atoms with Gasteiger partial charge in [-0.15, -0.1) is 0 Å². The Morgan fingerprint density at radius 1 is 1.15 bits per heavy atom. The molecule has 2 N–H and O–H groups in total. The molecule has 0 radical (unpaired) electrons. The van der Waals surface area contributed by atoms with Crippen LogP contribution in [0.15, 0.2) is 42.5 Å². The summed E-state index contributed by atoms with van der Waals surface area (Å²) in [6, 6.07) is 12.1. The van der Waals surface area contributed by atoms with E-state index in [1.165, 1.54) is 0 Å². The lowest BCUT2D eigenvalue weighted by molar-refractivity contribution is -0.118. The first-order valence-electron chi connectivity index (χ1n) is 8.48. The van der Waals surface area contributed by atoms with Gasteiger partial charge in [0, 0.05) is 22.3 Å². The standard InChI is InChI=1S/C20H23ClN2O3/c1-4-14(3)22-20(25)15-5-7-16(8-6-15)23-19(24)12-26-17-9-10-18(21)13(2)11-17/h5-11,14H,4,12H2,1-3H3,(H,22,25)(H,23,24). The van der Waals surface area contributed by atoms with Crippen molar-refractivity contribution < 1.29 is 14.3 Å². The van der Waals surface area contributed by atoms with Crippen LogP contribution in [0.1, 0.15) is 36.2 Å². The van der Waals surface area contributed by atoms with Crippen LogP contribution in [0, 0.1) is 6.92 Å². The van der Waals surface area contributed by atoms with Crippen molar-refractivity contribution in [3.63, 3.8) is 0 Å². The van der Waals surface area contributed by atoms with Gasteiger partial charge in [0.25, 0.3) is 11.8 Å². The van der Waals surface area contributed by atoms with Gasteiger partial charge in [-0.2, -0.15) is 0 Å². The molecule has 0 aliphatic carbocycles. The third-order valence-electron chi connectivity index (χ3n) is 3.92. The van der Waals surface area contributed by atoms with Gasteiger partial charge in [-0.1, -0.05) is 18.5 Å². The van der Waals surface area contributed by atoms with Gasteiger partial charge in [-0.3, -0.25) is 9.59 Å². The number of ether oxygens (including phenoxy) is 1. The number of carbonyl (C=O) groups is 2. The topological polar surface area (TPSA) is 67.4 Å². The minimum Gasteiger partial charge on any atom is -0.484 e. The first-order valence-corrected chi connectivity index (χ1v) is 8.86. The van der Waals surface area contributed by atoms with Crippen molar-refractivity contribution in [2.75, 3.05) is 11.9 Å². The molecule has 0 aromatic heterocycles. The first-order chi connectivity index (χ1) is 12.4. The molecule has 0 saturated heterocycles. The Bertz CT molecular complexity index is 775. The van der Waals surface area contributed by atoms with Crippen LogP contribution < -0.4 is 15.4 Å². The van der Waals surface area contributed by atoms with Gasteiger partial charge in [0.2, 0.25) is 0 Å². The van der Waals surface area contributed by atoms with E-state index < -0.39 is 0 Å². The molecular formula is C20H23ClN2O3. The Morgan fingerprint density at radius 3 is 2.46 bits per heavy atom. The van der Waals surface area contributed by atoms with Gasteiger partial charge in [-0.25, -0.2) is 0 Å². The van der Waals surface area contributed by atoms with Gasteiger partial charge in [-0.05, 0) is 68.3 Å². The van der Waals surface area contributed by atoms with E-state index in [-0.39, 0.29) is 24.5 Å². The van der Waals surface area contributed by atoms with E-state index in [1.807, 2.05) is 20.8 Å². The van der Waals surface area contributed by atoms with Gasteiger partial charge in [0.15, 0.2) is 6.61 Å². The second kappa shape index (κ2) is 9.25. The summed E-state index contributed by atoms with van der Waals surface area (Å²) in [4.78, 5) is 24.0. The molecular weight excluding hydrogens is 352 g/mol. The monoisotopic (exact) mass is 374 g/mol. The minimum atomic E-state index is -0.283. The van der Waals surface area contributed by atoms with Crippen LogP contribution in [0.4, 0.5) is 5.69 Å². The number of halogens is 1. The average molecular weight is 375 g/mol. The highest BCUT2D eigenvalue weighted by Gasteiger charge is 2.09. The summed E-state index contributed by atoms with van der Waals surface area (Å²) in [5, 5.41) is 6.28. The number of amides is 2. The maximum atomic E-state index is 12.0. The van der Waals surface area contributed by atoms with Crippen LogP contribution in [-0.2, 0) is 4.79 Å². The summed E-state index contributed by atoms with van der Waals surface area (Å²) in [5.41, 5.74) is 2.04. The van der Waals surface area contributed by atoms with Crippen molar-refractivity contribution in [2.24, 2.45) is 0 Å². The third-order valence-corrected chi connectivity index (χ3v) is 4.34. The fourth-order valence-electron chi connectivity index (χ4n) is 2.17. The molecule has 1 atom stereocenters.